The highest BCUT2D eigenvalue weighted by molar-refractivity contribution is 5.76. The summed E-state index contributed by atoms with van der Waals surface area (Å²) in [5.41, 5.74) is 5.52. The summed E-state index contributed by atoms with van der Waals surface area (Å²) in [6, 6.07) is 1.72. The third-order valence-corrected chi connectivity index (χ3v) is 3.25. The minimum absolute atomic E-state index is 0.0356. The average molecular weight is 267 g/mol. The van der Waals surface area contributed by atoms with E-state index in [1.165, 1.54) is 4.68 Å². The molecule has 1 saturated heterocycles. The number of likely N-dealkylation sites (tertiary alicyclic amines) is 1. The minimum atomic E-state index is -0.434. The van der Waals surface area contributed by atoms with E-state index < -0.39 is 6.10 Å². The summed E-state index contributed by atoms with van der Waals surface area (Å²) in [5.74, 6) is 0.366. The zero-order chi connectivity index (χ0) is 14.0. The first-order chi connectivity index (χ1) is 8.95. The molecule has 0 spiro atoms. The normalized spacial score (nSPS) is 23.3. The number of aliphatic hydroxyl groups is 1. The number of nitrogens with two attached hydrogens (primary N) is 1. The average Bonchev–Trinajstić information content (AvgIpc) is 2.84. The van der Waals surface area contributed by atoms with Crippen molar-refractivity contribution in [3.63, 3.8) is 0 Å². The Morgan fingerprint density at radius 2 is 2.37 bits per heavy atom. The first-order valence-electron chi connectivity index (χ1n) is 6.37. The SMILES string of the molecule is CN(C)CC1CC(O)CN1C(=O)Cn1ccc(N)n1. The molecule has 2 heterocycles. The van der Waals surface area contributed by atoms with Crippen molar-refractivity contribution in [2.24, 2.45) is 0 Å². The smallest absolute Gasteiger partial charge is 0.244 e. The predicted octanol–water partition coefficient (Wildman–Crippen LogP) is -1.01. The van der Waals surface area contributed by atoms with Crippen LogP contribution in [-0.2, 0) is 11.3 Å². The molecule has 7 nitrogen and oxygen atoms in total. The van der Waals surface area contributed by atoms with Crippen LogP contribution in [0.3, 0.4) is 0 Å². The molecule has 0 aromatic carbocycles. The molecular weight excluding hydrogens is 246 g/mol. The Morgan fingerprint density at radius 1 is 1.63 bits per heavy atom. The number of carbonyl (C=O) groups excluding carboxylic acids is 1. The van der Waals surface area contributed by atoms with Crippen LogP contribution in [0.4, 0.5) is 5.82 Å². The molecule has 106 valence electrons. The number of hydrogen-bond donors (Lipinski definition) is 2. The number of likely N-dealkylation sites (N-methyl/N-ethyl adjacent to an activating group) is 1. The molecule has 0 aliphatic carbocycles. The molecule has 1 amide bonds. The molecule has 0 bridgehead atoms. The van der Waals surface area contributed by atoms with Crippen LogP contribution < -0.4 is 5.73 Å². The number of β-amino-alcohol motifs (C(OH)–C–C–N with tert-alkyl or cyclic N) is 1. The number of aliphatic hydroxyl groups excluding tert-OH is 1. The quantitative estimate of drug-likeness (QED) is 0.730. The van der Waals surface area contributed by atoms with E-state index in [4.69, 9.17) is 5.73 Å². The number of rotatable bonds is 4. The molecule has 0 saturated carbocycles. The van der Waals surface area contributed by atoms with Crippen LogP contribution in [0.25, 0.3) is 0 Å². The maximum absolute atomic E-state index is 12.3. The lowest BCUT2D eigenvalue weighted by molar-refractivity contribution is -0.133. The maximum Gasteiger partial charge on any atom is 0.244 e. The van der Waals surface area contributed by atoms with E-state index in [1.54, 1.807) is 17.2 Å². The van der Waals surface area contributed by atoms with Crippen molar-refractivity contribution in [3.8, 4) is 0 Å². The molecule has 7 heteroatoms. The molecule has 1 aliphatic heterocycles. The van der Waals surface area contributed by atoms with Crippen LogP contribution in [0.1, 0.15) is 6.42 Å². The van der Waals surface area contributed by atoms with Crippen molar-refractivity contribution < 1.29 is 9.90 Å². The molecule has 3 N–H and O–H groups in total. The third-order valence-electron chi connectivity index (χ3n) is 3.25. The van der Waals surface area contributed by atoms with Crippen LogP contribution in [-0.4, -0.2) is 69.9 Å². The van der Waals surface area contributed by atoms with Crippen LogP contribution in [0.15, 0.2) is 12.3 Å². The number of hydrogen-bond acceptors (Lipinski definition) is 5. The fourth-order valence-electron chi connectivity index (χ4n) is 2.49. The summed E-state index contributed by atoms with van der Waals surface area (Å²) >= 11 is 0. The van der Waals surface area contributed by atoms with Crippen molar-refractivity contribution in [1.29, 1.82) is 0 Å². The molecule has 19 heavy (non-hydrogen) atoms. The summed E-state index contributed by atoms with van der Waals surface area (Å²) in [7, 11) is 3.92. The third kappa shape index (κ3) is 3.45. The second-order valence-corrected chi connectivity index (χ2v) is 5.29. The van der Waals surface area contributed by atoms with E-state index in [9.17, 15) is 9.90 Å². The van der Waals surface area contributed by atoms with Gasteiger partial charge in [0.25, 0.3) is 0 Å². The molecule has 2 unspecified atom stereocenters. The molecular formula is C12H21N5O2. The maximum atomic E-state index is 12.3. The zero-order valence-corrected chi connectivity index (χ0v) is 11.4. The lowest BCUT2D eigenvalue weighted by Gasteiger charge is -2.26. The molecule has 1 aromatic rings. The molecule has 1 aromatic heterocycles. The van der Waals surface area contributed by atoms with Crippen molar-refractivity contribution in [2.75, 3.05) is 32.9 Å². The van der Waals surface area contributed by atoms with Crippen molar-refractivity contribution >= 4 is 11.7 Å². The molecule has 1 aliphatic rings. The molecule has 0 radical (unpaired) electrons. The Balaban J connectivity index is 2.00. The number of nitrogens with zero attached hydrogens (tertiary/aromatic N) is 4. The van der Waals surface area contributed by atoms with Gasteiger partial charge in [0.05, 0.1) is 6.10 Å². The highest BCUT2D eigenvalue weighted by Crippen LogP contribution is 2.19. The van der Waals surface area contributed by atoms with Gasteiger partial charge in [0.15, 0.2) is 0 Å². The summed E-state index contributed by atoms with van der Waals surface area (Å²) in [4.78, 5) is 16.0. The van der Waals surface area contributed by atoms with E-state index in [1.807, 2.05) is 19.0 Å². The Kier molecular flexibility index (Phi) is 4.06. The lowest BCUT2D eigenvalue weighted by Crippen LogP contribution is -2.42. The summed E-state index contributed by atoms with van der Waals surface area (Å²) in [5, 5.41) is 13.7. The number of nitrogen functional groups attached to an aromatic ring is 1. The van der Waals surface area contributed by atoms with E-state index in [0.29, 0.717) is 18.8 Å². The van der Waals surface area contributed by atoms with Gasteiger partial charge in [0.1, 0.15) is 12.4 Å². The Bertz CT molecular complexity index is 445. The number of aromatic nitrogens is 2. The number of amides is 1. The van der Waals surface area contributed by atoms with Gasteiger partial charge in [-0.1, -0.05) is 0 Å². The lowest BCUT2D eigenvalue weighted by atomic mass is 10.2. The first kappa shape index (κ1) is 13.8. The van der Waals surface area contributed by atoms with Crippen LogP contribution in [0, 0.1) is 0 Å². The van der Waals surface area contributed by atoms with Gasteiger partial charge in [0, 0.05) is 25.3 Å². The van der Waals surface area contributed by atoms with Crippen molar-refractivity contribution in [3.05, 3.63) is 12.3 Å². The highest BCUT2D eigenvalue weighted by Gasteiger charge is 2.34. The topological polar surface area (TPSA) is 87.6 Å². The molecule has 1 fully saturated rings. The van der Waals surface area contributed by atoms with Crippen molar-refractivity contribution in [2.45, 2.75) is 25.1 Å². The summed E-state index contributed by atoms with van der Waals surface area (Å²) in [6.45, 7) is 1.31. The summed E-state index contributed by atoms with van der Waals surface area (Å²) in [6.07, 6.45) is 1.88. The van der Waals surface area contributed by atoms with E-state index >= 15 is 0 Å². The van der Waals surface area contributed by atoms with Gasteiger partial charge in [-0.3, -0.25) is 9.48 Å². The van der Waals surface area contributed by atoms with E-state index in [-0.39, 0.29) is 18.5 Å². The van der Waals surface area contributed by atoms with Crippen LogP contribution in [0.2, 0.25) is 0 Å². The second-order valence-electron chi connectivity index (χ2n) is 5.29. The standard InChI is InChI=1S/C12H21N5O2/c1-15(2)6-9-5-10(18)7-17(9)12(19)8-16-4-3-11(13)14-16/h3-4,9-10,18H,5-8H2,1-2H3,(H2,13,14). The molecule has 2 atom stereocenters. The van der Waals surface area contributed by atoms with E-state index in [2.05, 4.69) is 5.10 Å². The van der Waals surface area contributed by atoms with Gasteiger partial charge in [-0.15, -0.1) is 0 Å². The number of carbonyl (C=O) groups is 1. The van der Waals surface area contributed by atoms with Gasteiger partial charge in [0.2, 0.25) is 5.91 Å². The van der Waals surface area contributed by atoms with Gasteiger partial charge in [-0.2, -0.15) is 5.10 Å². The number of anilines is 1. The van der Waals surface area contributed by atoms with Gasteiger partial charge >= 0.3 is 0 Å². The van der Waals surface area contributed by atoms with Gasteiger partial charge in [-0.25, -0.2) is 0 Å². The summed E-state index contributed by atoms with van der Waals surface area (Å²) < 4.78 is 1.52. The van der Waals surface area contributed by atoms with Crippen LogP contribution >= 0.6 is 0 Å². The Morgan fingerprint density at radius 3 is 2.95 bits per heavy atom. The highest BCUT2D eigenvalue weighted by atomic mass is 16.3. The fourth-order valence-corrected chi connectivity index (χ4v) is 2.49. The largest absolute Gasteiger partial charge is 0.391 e. The predicted molar refractivity (Wildman–Crippen MR) is 71.3 cm³/mol. The first-order valence-corrected chi connectivity index (χ1v) is 6.37. The Labute approximate surface area is 112 Å². The van der Waals surface area contributed by atoms with E-state index in [0.717, 1.165) is 6.54 Å². The monoisotopic (exact) mass is 267 g/mol. The van der Waals surface area contributed by atoms with Gasteiger partial charge < -0.3 is 20.6 Å². The Hall–Kier alpha value is -1.60. The molecule has 2 rings (SSSR count). The zero-order valence-electron chi connectivity index (χ0n) is 11.4. The minimum Gasteiger partial charge on any atom is -0.391 e. The second kappa shape index (κ2) is 5.58. The van der Waals surface area contributed by atoms with Crippen LogP contribution in [0.5, 0.6) is 0 Å². The fraction of sp³-hybridized carbons (Fsp3) is 0.667. The van der Waals surface area contributed by atoms with Gasteiger partial charge in [-0.05, 0) is 26.6 Å². The van der Waals surface area contributed by atoms with Crippen molar-refractivity contribution in [1.82, 2.24) is 19.6 Å².